The molecule has 0 spiro atoms. The number of hydrogen-bond donors (Lipinski definition) is 0. The van der Waals surface area contributed by atoms with Crippen LogP contribution in [0.1, 0.15) is 27.2 Å². The zero-order valence-corrected chi connectivity index (χ0v) is 24.7. The van der Waals surface area contributed by atoms with Gasteiger partial charge in [-0.2, -0.15) is 0 Å². The maximum Gasteiger partial charge on any atom is 0.268 e. The van der Waals surface area contributed by atoms with Gasteiger partial charge < -0.3 is 24.0 Å². The molecule has 5 rings (SSSR count). The van der Waals surface area contributed by atoms with E-state index in [0.717, 1.165) is 28.7 Å². The average molecular weight is 574 g/mol. The monoisotopic (exact) mass is 573 g/mol. The molecule has 0 bridgehead atoms. The van der Waals surface area contributed by atoms with Crippen molar-refractivity contribution >= 4 is 50.3 Å². The van der Waals surface area contributed by atoms with E-state index in [2.05, 4.69) is 9.88 Å². The van der Waals surface area contributed by atoms with Gasteiger partial charge in [-0.05, 0) is 74.4 Å². The van der Waals surface area contributed by atoms with Gasteiger partial charge in [-0.1, -0.05) is 0 Å². The van der Waals surface area contributed by atoms with Crippen LogP contribution < -0.4 is 25.0 Å². The van der Waals surface area contributed by atoms with Crippen molar-refractivity contribution in [2.75, 3.05) is 48.0 Å². The van der Waals surface area contributed by atoms with Crippen LogP contribution in [0, 0.1) is 5.41 Å². The van der Waals surface area contributed by atoms with Crippen LogP contribution in [0.4, 0.5) is 17.1 Å². The number of amides is 2. The van der Waals surface area contributed by atoms with E-state index in [0.29, 0.717) is 43.4 Å². The van der Waals surface area contributed by atoms with Gasteiger partial charge in [0.05, 0.1) is 22.7 Å². The molecule has 4 heterocycles. The third-order valence-corrected chi connectivity index (χ3v) is 8.52. The van der Waals surface area contributed by atoms with Crippen LogP contribution in [0.5, 0.6) is 5.75 Å². The summed E-state index contributed by atoms with van der Waals surface area (Å²) in [6, 6.07) is 13.4. The molecule has 0 atom stereocenters. The number of nitrogens with zero attached hydrogens (tertiary/aromatic N) is 5. The van der Waals surface area contributed by atoms with Crippen molar-refractivity contribution in [1.29, 1.82) is 0 Å². The number of pyridine rings is 2. The third kappa shape index (κ3) is 5.56. The lowest BCUT2D eigenvalue weighted by Crippen LogP contribution is -2.47. The molecule has 41 heavy (non-hydrogen) atoms. The molecule has 0 fully saturated rings. The SMILES string of the molecule is CCN1C(=O)C(C)(C)C(=O)N(C)c2cc(OCCCN(CCn3ccc4ccsc4c3=O)c3ccncc3)ccc21. The lowest BCUT2D eigenvalue weighted by molar-refractivity contribution is -0.137. The minimum atomic E-state index is -1.15. The molecule has 4 aromatic rings. The Hall–Kier alpha value is -4.18. The fourth-order valence-corrected chi connectivity index (χ4v) is 6.08. The van der Waals surface area contributed by atoms with E-state index in [1.807, 2.05) is 61.0 Å². The summed E-state index contributed by atoms with van der Waals surface area (Å²) in [6.07, 6.45) is 6.13. The second-order valence-corrected chi connectivity index (χ2v) is 11.5. The highest BCUT2D eigenvalue weighted by Crippen LogP contribution is 2.40. The van der Waals surface area contributed by atoms with Crippen molar-refractivity contribution in [2.45, 2.75) is 33.7 Å². The smallest absolute Gasteiger partial charge is 0.268 e. The molecule has 1 aromatic carbocycles. The van der Waals surface area contributed by atoms with Crippen molar-refractivity contribution in [3.63, 3.8) is 0 Å². The molecule has 10 heteroatoms. The first kappa shape index (κ1) is 28.4. The molecule has 0 aliphatic carbocycles. The number of hydrogen-bond acceptors (Lipinski definition) is 7. The van der Waals surface area contributed by atoms with Crippen molar-refractivity contribution in [3.8, 4) is 5.75 Å². The predicted molar refractivity (Wildman–Crippen MR) is 164 cm³/mol. The molecular weight excluding hydrogens is 538 g/mol. The van der Waals surface area contributed by atoms with Gasteiger partial charge in [0.2, 0.25) is 11.8 Å². The molecule has 9 nitrogen and oxygen atoms in total. The van der Waals surface area contributed by atoms with Crippen LogP contribution >= 0.6 is 11.3 Å². The number of rotatable bonds is 10. The zero-order valence-electron chi connectivity index (χ0n) is 23.9. The Morgan fingerprint density at radius 1 is 0.976 bits per heavy atom. The van der Waals surface area contributed by atoms with Crippen LogP contribution in [0.25, 0.3) is 10.1 Å². The van der Waals surface area contributed by atoms with Gasteiger partial charge >= 0.3 is 0 Å². The number of carbonyl (C=O) groups is 2. The second kappa shape index (κ2) is 11.7. The van der Waals surface area contributed by atoms with E-state index >= 15 is 0 Å². The van der Waals surface area contributed by atoms with Gasteiger partial charge in [0, 0.05) is 63.6 Å². The van der Waals surface area contributed by atoms with Crippen molar-refractivity contribution in [1.82, 2.24) is 9.55 Å². The summed E-state index contributed by atoms with van der Waals surface area (Å²) in [5.41, 5.74) is 1.27. The van der Waals surface area contributed by atoms with Gasteiger partial charge in [0.1, 0.15) is 11.2 Å². The summed E-state index contributed by atoms with van der Waals surface area (Å²) in [6.45, 7) is 8.11. The fourth-order valence-electron chi connectivity index (χ4n) is 5.24. The van der Waals surface area contributed by atoms with E-state index in [-0.39, 0.29) is 17.4 Å². The Bertz CT molecular complexity index is 1610. The lowest BCUT2D eigenvalue weighted by Gasteiger charge is -2.27. The van der Waals surface area contributed by atoms with Crippen LogP contribution in [-0.4, -0.2) is 54.7 Å². The number of ether oxygens (including phenoxy) is 1. The Morgan fingerprint density at radius 3 is 2.51 bits per heavy atom. The number of carbonyl (C=O) groups excluding carboxylic acids is 2. The number of anilines is 3. The van der Waals surface area contributed by atoms with Gasteiger partial charge in [0.25, 0.3) is 5.56 Å². The van der Waals surface area contributed by atoms with Crippen LogP contribution in [-0.2, 0) is 16.1 Å². The van der Waals surface area contributed by atoms with E-state index in [1.54, 1.807) is 47.7 Å². The van der Waals surface area contributed by atoms with E-state index < -0.39 is 5.41 Å². The van der Waals surface area contributed by atoms with Crippen LogP contribution in [0.2, 0.25) is 0 Å². The summed E-state index contributed by atoms with van der Waals surface area (Å²) >= 11 is 1.47. The van der Waals surface area contributed by atoms with Gasteiger partial charge in [-0.15, -0.1) is 11.3 Å². The molecule has 1 aliphatic rings. The predicted octanol–water partition coefficient (Wildman–Crippen LogP) is 4.79. The van der Waals surface area contributed by atoms with Crippen LogP contribution in [0.15, 0.2) is 71.2 Å². The Balaban J connectivity index is 1.26. The molecule has 214 valence electrons. The van der Waals surface area contributed by atoms with Crippen molar-refractivity contribution in [2.24, 2.45) is 5.41 Å². The molecule has 0 N–H and O–H groups in total. The fraction of sp³-hybridized carbons (Fsp3) is 0.355. The maximum absolute atomic E-state index is 13.1. The number of fused-ring (bicyclic) bond motifs is 2. The summed E-state index contributed by atoms with van der Waals surface area (Å²) in [7, 11) is 1.70. The maximum atomic E-state index is 13.1. The highest BCUT2D eigenvalue weighted by molar-refractivity contribution is 7.17. The molecular formula is C31H35N5O4S. The van der Waals surface area contributed by atoms with Gasteiger partial charge in [-0.3, -0.25) is 19.4 Å². The zero-order chi connectivity index (χ0) is 29.1. The average Bonchev–Trinajstić information content (AvgIpc) is 3.46. The molecule has 0 radical (unpaired) electrons. The number of thiophene rings is 1. The highest BCUT2D eigenvalue weighted by Gasteiger charge is 2.45. The topological polar surface area (TPSA) is 88.0 Å². The lowest BCUT2D eigenvalue weighted by atomic mass is 9.90. The van der Waals surface area contributed by atoms with E-state index in [4.69, 9.17) is 4.74 Å². The van der Waals surface area contributed by atoms with Gasteiger partial charge in [0.15, 0.2) is 0 Å². The largest absolute Gasteiger partial charge is 0.493 e. The Kier molecular flexibility index (Phi) is 8.12. The first-order valence-corrected chi connectivity index (χ1v) is 14.7. The minimum Gasteiger partial charge on any atom is -0.493 e. The summed E-state index contributed by atoms with van der Waals surface area (Å²) in [5, 5.41) is 2.92. The summed E-state index contributed by atoms with van der Waals surface area (Å²) in [5.74, 6) is 0.179. The molecule has 2 amide bonds. The summed E-state index contributed by atoms with van der Waals surface area (Å²) in [4.78, 5) is 48.7. The normalized spacial score (nSPS) is 14.7. The molecule has 3 aromatic heterocycles. The number of benzene rings is 1. The molecule has 1 aliphatic heterocycles. The molecule has 0 saturated heterocycles. The quantitative estimate of drug-likeness (QED) is 0.200. The Morgan fingerprint density at radius 2 is 1.76 bits per heavy atom. The van der Waals surface area contributed by atoms with E-state index in [9.17, 15) is 14.4 Å². The first-order chi connectivity index (χ1) is 19.7. The van der Waals surface area contributed by atoms with Crippen molar-refractivity contribution < 1.29 is 14.3 Å². The van der Waals surface area contributed by atoms with Crippen LogP contribution in [0.3, 0.4) is 0 Å². The molecule has 0 unspecified atom stereocenters. The number of aromatic nitrogens is 2. The standard InChI is InChI=1S/C31H35N5O4S/c1-5-36-25-8-7-24(21-26(25)33(4)29(38)31(2,3)30(36)39)40-19-6-15-34(23-9-13-32-14-10-23)17-18-35-16-11-22-12-20-41-27(22)28(35)37/h7-14,16,20-21H,5-6,15,17-19H2,1-4H3. The minimum absolute atomic E-state index is 0.0360. The Labute approximate surface area is 243 Å². The summed E-state index contributed by atoms with van der Waals surface area (Å²) < 4.78 is 8.66. The third-order valence-electron chi connectivity index (χ3n) is 7.60. The van der Waals surface area contributed by atoms with E-state index in [1.165, 1.54) is 11.3 Å². The van der Waals surface area contributed by atoms with Gasteiger partial charge in [-0.25, -0.2) is 0 Å². The second-order valence-electron chi connectivity index (χ2n) is 10.6. The first-order valence-electron chi connectivity index (χ1n) is 13.8. The van der Waals surface area contributed by atoms with Crippen molar-refractivity contribution in [3.05, 3.63) is 76.8 Å². The molecule has 0 saturated carbocycles. The highest BCUT2D eigenvalue weighted by atomic mass is 32.1.